The van der Waals surface area contributed by atoms with Crippen molar-refractivity contribution in [2.45, 2.75) is 25.5 Å². The van der Waals surface area contributed by atoms with Crippen molar-refractivity contribution in [3.05, 3.63) is 29.8 Å². The van der Waals surface area contributed by atoms with E-state index in [4.69, 9.17) is 4.74 Å². The molecule has 0 radical (unpaired) electrons. The lowest BCUT2D eigenvalue weighted by atomic mass is 10.2. The number of benzene rings is 1. The third-order valence-electron chi connectivity index (χ3n) is 3.62. The predicted octanol–water partition coefficient (Wildman–Crippen LogP) is 0.555. The lowest BCUT2D eigenvalue weighted by Gasteiger charge is -2.26. The van der Waals surface area contributed by atoms with Gasteiger partial charge in [0.05, 0.1) is 25.2 Å². The van der Waals surface area contributed by atoms with Gasteiger partial charge in [0, 0.05) is 20.1 Å². The monoisotopic (exact) mass is 278 g/mol. The number of amides is 1. The Bertz CT molecular complexity index is 464. The lowest BCUT2D eigenvalue weighted by Crippen LogP contribution is -2.44. The van der Waals surface area contributed by atoms with Gasteiger partial charge in [-0.15, -0.1) is 0 Å². The molecule has 0 saturated carbocycles. The van der Waals surface area contributed by atoms with Gasteiger partial charge in [-0.05, 0) is 24.6 Å². The first-order chi connectivity index (χ1) is 9.58. The largest absolute Gasteiger partial charge is 0.493 e. The summed E-state index contributed by atoms with van der Waals surface area (Å²) < 4.78 is 5.57. The van der Waals surface area contributed by atoms with Crippen LogP contribution < -0.4 is 10.1 Å². The van der Waals surface area contributed by atoms with E-state index in [1.807, 2.05) is 31.2 Å². The van der Waals surface area contributed by atoms with Crippen molar-refractivity contribution in [3.63, 3.8) is 0 Å². The number of nitrogens with one attached hydrogen (secondary N) is 1. The molecule has 2 N–H and O–H groups in total. The van der Waals surface area contributed by atoms with Crippen LogP contribution in [0.2, 0.25) is 0 Å². The zero-order chi connectivity index (χ0) is 14.5. The van der Waals surface area contributed by atoms with Crippen molar-refractivity contribution in [2.75, 3.05) is 26.7 Å². The van der Waals surface area contributed by atoms with Gasteiger partial charge >= 0.3 is 0 Å². The van der Waals surface area contributed by atoms with Crippen molar-refractivity contribution in [3.8, 4) is 5.75 Å². The molecular formula is C15H22N2O3. The molecule has 20 heavy (non-hydrogen) atoms. The number of rotatable bonds is 5. The number of hydrogen-bond acceptors (Lipinski definition) is 4. The molecule has 2 atom stereocenters. The highest BCUT2D eigenvalue weighted by Gasteiger charge is 2.30. The number of carbonyl (C=O) groups excluding carboxylic acids is 1. The molecule has 1 aliphatic rings. The fourth-order valence-electron chi connectivity index (χ4n) is 2.37. The van der Waals surface area contributed by atoms with Gasteiger partial charge in [-0.2, -0.15) is 0 Å². The Kier molecular flexibility index (Phi) is 4.98. The van der Waals surface area contributed by atoms with E-state index in [2.05, 4.69) is 5.32 Å². The van der Waals surface area contributed by atoms with Crippen LogP contribution in [-0.4, -0.2) is 54.8 Å². The van der Waals surface area contributed by atoms with Gasteiger partial charge in [0.15, 0.2) is 0 Å². The van der Waals surface area contributed by atoms with Gasteiger partial charge < -0.3 is 20.1 Å². The highest BCUT2D eigenvalue weighted by molar-refractivity contribution is 5.76. The van der Waals surface area contributed by atoms with Crippen molar-refractivity contribution in [1.82, 2.24) is 10.2 Å². The number of aliphatic hydroxyl groups is 1. The fraction of sp³-hybridized carbons (Fsp3) is 0.533. The van der Waals surface area contributed by atoms with Crippen molar-refractivity contribution < 1.29 is 14.6 Å². The van der Waals surface area contributed by atoms with E-state index >= 15 is 0 Å². The van der Waals surface area contributed by atoms with Gasteiger partial charge in [-0.3, -0.25) is 4.79 Å². The Morgan fingerprint density at radius 3 is 2.95 bits per heavy atom. The molecule has 5 nitrogen and oxygen atoms in total. The molecule has 1 aromatic carbocycles. The Morgan fingerprint density at radius 1 is 1.50 bits per heavy atom. The summed E-state index contributed by atoms with van der Waals surface area (Å²) in [4.78, 5) is 13.7. The topological polar surface area (TPSA) is 61.8 Å². The van der Waals surface area contributed by atoms with Crippen LogP contribution in [0.5, 0.6) is 5.75 Å². The van der Waals surface area contributed by atoms with Crippen LogP contribution in [0, 0.1) is 6.92 Å². The van der Waals surface area contributed by atoms with Crippen molar-refractivity contribution in [2.24, 2.45) is 0 Å². The van der Waals surface area contributed by atoms with E-state index in [-0.39, 0.29) is 11.9 Å². The number of nitrogens with zero attached hydrogens (tertiary/aromatic N) is 1. The highest BCUT2D eigenvalue weighted by atomic mass is 16.5. The molecule has 2 rings (SSSR count). The molecule has 0 spiro atoms. The van der Waals surface area contributed by atoms with E-state index in [0.717, 1.165) is 11.3 Å². The molecule has 0 aliphatic carbocycles. The molecule has 1 aromatic rings. The maximum atomic E-state index is 12.0. The zero-order valence-corrected chi connectivity index (χ0v) is 12.0. The molecule has 1 aliphatic heterocycles. The minimum Gasteiger partial charge on any atom is -0.493 e. The normalized spacial score (nSPS) is 21.8. The third kappa shape index (κ3) is 3.71. The van der Waals surface area contributed by atoms with Crippen molar-refractivity contribution >= 4 is 5.91 Å². The van der Waals surface area contributed by atoms with Crippen LogP contribution in [0.1, 0.15) is 12.0 Å². The minimum atomic E-state index is -0.485. The van der Waals surface area contributed by atoms with Gasteiger partial charge in [0.2, 0.25) is 5.91 Å². The molecule has 0 aromatic heterocycles. The Hall–Kier alpha value is -1.59. The van der Waals surface area contributed by atoms with Crippen molar-refractivity contribution in [1.29, 1.82) is 0 Å². The Labute approximate surface area is 119 Å². The maximum absolute atomic E-state index is 12.0. The summed E-state index contributed by atoms with van der Waals surface area (Å²) in [6, 6.07) is 7.62. The minimum absolute atomic E-state index is 0.00889. The fourth-order valence-corrected chi connectivity index (χ4v) is 2.37. The predicted molar refractivity (Wildman–Crippen MR) is 76.7 cm³/mol. The van der Waals surface area contributed by atoms with Crippen LogP contribution in [-0.2, 0) is 4.79 Å². The molecule has 1 fully saturated rings. The molecule has 1 amide bonds. The van der Waals surface area contributed by atoms with E-state index < -0.39 is 6.10 Å². The lowest BCUT2D eigenvalue weighted by molar-refractivity contribution is -0.133. The molecular weight excluding hydrogens is 256 g/mol. The second kappa shape index (κ2) is 6.72. The van der Waals surface area contributed by atoms with E-state index in [1.165, 1.54) is 0 Å². The second-order valence-corrected chi connectivity index (χ2v) is 5.21. The summed E-state index contributed by atoms with van der Waals surface area (Å²) in [5.41, 5.74) is 1.13. The van der Waals surface area contributed by atoms with Crippen LogP contribution >= 0.6 is 0 Å². The molecule has 110 valence electrons. The quantitative estimate of drug-likeness (QED) is 0.826. The summed E-state index contributed by atoms with van der Waals surface area (Å²) in [6.45, 7) is 3.54. The number of β-amino-alcohol motifs (C(OH)–C–C–N with tert-alkyl or cyclic N) is 1. The molecule has 1 saturated heterocycles. The van der Waals surface area contributed by atoms with Gasteiger partial charge in [0.1, 0.15) is 5.75 Å². The number of hydrogen-bond donors (Lipinski definition) is 2. The van der Waals surface area contributed by atoms with Gasteiger partial charge in [-0.1, -0.05) is 12.1 Å². The average Bonchev–Trinajstić information content (AvgIpc) is 2.84. The summed E-state index contributed by atoms with van der Waals surface area (Å²) >= 11 is 0. The van der Waals surface area contributed by atoms with E-state index in [1.54, 1.807) is 11.9 Å². The SMILES string of the molecule is Cc1cccc(OCCC(=O)N(C)[C@H]2CNC[C@@H]2O)c1. The summed E-state index contributed by atoms with van der Waals surface area (Å²) in [5.74, 6) is 0.772. The first-order valence-corrected chi connectivity index (χ1v) is 6.92. The Morgan fingerprint density at radius 2 is 2.30 bits per heavy atom. The molecule has 5 heteroatoms. The summed E-state index contributed by atoms with van der Waals surface area (Å²) in [5, 5.41) is 12.8. The number of aryl methyl sites for hydroxylation is 1. The first-order valence-electron chi connectivity index (χ1n) is 6.92. The van der Waals surface area contributed by atoms with Crippen LogP contribution in [0.15, 0.2) is 24.3 Å². The Balaban J connectivity index is 1.77. The second-order valence-electron chi connectivity index (χ2n) is 5.21. The number of carbonyl (C=O) groups is 1. The zero-order valence-electron chi connectivity index (χ0n) is 12.0. The third-order valence-corrected chi connectivity index (χ3v) is 3.62. The molecule has 0 bridgehead atoms. The van der Waals surface area contributed by atoms with Crippen LogP contribution in [0.4, 0.5) is 0 Å². The van der Waals surface area contributed by atoms with E-state index in [0.29, 0.717) is 26.1 Å². The molecule has 1 heterocycles. The summed E-state index contributed by atoms with van der Waals surface area (Å²) in [6.07, 6.45) is -0.171. The highest BCUT2D eigenvalue weighted by Crippen LogP contribution is 2.13. The molecule has 0 unspecified atom stereocenters. The smallest absolute Gasteiger partial charge is 0.226 e. The standard InChI is InChI=1S/C15H22N2O3/c1-11-4-3-5-12(8-11)20-7-6-15(19)17(2)13-9-16-10-14(13)18/h3-5,8,13-14,16,18H,6-7,9-10H2,1-2H3/t13-,14-/m0/s1. The van der Waals surface area contributed by atoms with E-state index in [9.17, 15) is 9.90 Å². The number of likely N-dealkylation sites (N-methyl/N-ethyl adjacent to an activating group) is 1. The van der Waals surface area contributed by atoms with Crippen LogP contribution in [0.3, 0.4) is 0 Å². The van der Waals surface area contributed by atoms with Gasteiger partial charge in [0.25, 0.3) is 0 Å². The first kappa shape index (κ1) is 14.8. The van der Waals surface area contributed by atoms with Crippen LogP contribution in [0.25, 0.3) is 0 Å². The van der Waals surface area contributed by atoms with Gasteiger partial charge in [-0.25, -0.2) is 0 Å². The number of ether oxygens (including phenoxy) is 1. The average molecular weight is 278 g/mol. The number of aliphatic hydroxyl groups excluding tert-OH is 1. The maximum Gasteiger partial charge on any atom is 0.226 e. The summed E-state index contributed by atoms with van der Waals surface area (Å²) in [7, 11) is 1.73.